The van der Waals surface area contributed by atoms with Gasteiger partial charge in [0.15, 0.2) is 0 Å². The van der Waals surface area contributed by atoms with Crippen LogP contribution in [0.2, 0.25) is 0 Å². The van der Waals surface area contributed by atoms with Crippen LogP contribution in [0.25, 0.3) is 0 Å². The third-order valence-corrected chi connectivity index (χ3v) is 2.14. The molecule has 0 amide bonds. The molecular formula is C8H12F2O3. The Labute approximate surface area is 74.7 Å². The highest BCUT2D eigenvalue weighted by Gasteiger charge is 2.44. The number of hydrogen-bond acceptors (Lipinski definition) is 2. The topological polar surface area (TPSA) is 46.5 Å². The van der Waals surface area contributed by atoms with Gasteiger partial charge in [-0.25, -0.2) is 8.78 Å². The van der Waals surface area contributed by atoms with Crippen molar-refractivity contribution in [2.24, 2.45) is 5.41 Å². The zero-order valence-corrected chi connectivity index (χ0v) is 7.13. The molecule has 0 unspecified atom stereocenters. The van der Waals surface area contributed by atoms with Crippen LogP contribution in [-0.2, 0) is 9.53 Å². The number of aliphatic carboxylic acids is 1. The van der Waals surface area contributed by atoms with Crippen molar-refractivity contribution in [2.75, 3.05) is 13.2 Å². The predicted octanol–water partition coefficient (Wildman–Crippen LogP) is 1.52. The first-order valence-corrected chi connectivity index (χ1v) is 4.12. The zero-order valence-electron chi connectivity index (χ0n) is 7.13. The molecule has 3 nitrogen and oxygen atoms in total. The highest BCUT2D eigenvalue weighted by atomic mass is 19.3. The Morgan fingerprint density at radius 3 is 2.54 bits per heavy atom. The summed E-state index contributed by atoms with van der Waals surface area (Å²) in [6.45, 7) is -0.453. The summed E-state index contributed by atoms with van der Waals surface area (Å²) in [4.78, 5) is 10.3. The van der Waals surface area contributed by atoms with E-state index in [0.717, 1.165) is 12.8 Å². The van der Waals surface area contributed by atoms with Crippen molar-refractivity contribution >= 4 is 5.97 Å². The summed E-state index contributed by atoms with van der Waals surface area (Å²) in [5, 5.41) is 8.49. The fourth-order valence-electron chi connectivity index (χ4n) is 1.23. The molecule has 0 aromatic rings. The summed E-state index contributed by atoms with van der Waals surface area (Å²) in [5.74, 6) is -0.891. The lowest BCUT2D eigenvalue weighted by atomic mass is 10.0. The predicted molar refractivity (Wildman–Crippen MR) is 40.7 cm³/mol. The second-order valence-electron chi connectivity index (χ2n) is 3.48. The number of carbonyl (C=O) groups is 1. The molecule has 1 saturated carbocycles. The molecule has 76 valence electrons. The fourth-order valence-corrected chi connectivity index (χ4v) is 1.23. The van der Waals surface area contributed by atoms with Crippen LogP contribution in [0.1, 0.15) is 19.3 Å². The van der Waals surface area contributed by atoms with Gasteiger partial charge < -0.3 is 9.84 Å². The first kappa shape index (κ1) is 10.4. The molecule has 0 aromatic heterocycles. The van der Waals surface area contributed by atoms with E-state index < -0.39 is 19.0 Å². The Balaban J connectivity index is 2.16. The molecule has 0 spiro atoms. The maximum Gasteiger partial charge on any atom is 0.303 e. The largest absolute Gasteiger partial charge is 0.481 e. The second kappa shape index (κ2) is 4.00. The Bertz CT molecular complexity index is 190. The minimum atomic E-state index is -2.47. The van der Waals surface area contributed by atoms with Crippen molar-refractivity contribution in [1.82, 2.24) is 0 Å². The third kappa shape index (κ3) is 3.67. The van der Waals surface area contributed by atoms with Gasteiger partial charge in [0.05, 0.1) is 13.0 Å². The van der Waals surface area contributed by atoms with Crippen LogP contribution in [0.15, 0.2) is 0 Å². The van der Waals surface area contributed by atoms with E-state index in [2.05, 4.69) is 0 Å². The normalized spacial score (nSPS) is 19.0. The van der Waals surface area contributed by atoms with Gasteiger partial charge in [-0.1, -0.05) is 0 Å². The number of carboxylic acid groups (broad SMARTS) is 1. The van der Waals surface area contributed by atoms with E-state index in [1.165, 1.54) is 0 Å². The molecule has 1 rings (SSSR count). The van der Waals surface area contributed by atoms with Crippen LogP contribution in [0.4, 0.5) is 8.78 Å². The molecule has 13 heavy (non-hydrogen) atoms. The van der Waals surface area contributed by atoms with Gasteiger partial charge in [-0.2, -0.15) is 0 Å². The summed E-state index contributed by atoms with van der Waals surface area (Å²) < 4.78 is 28.0. The zero-order chi connectivity index (χ0) is 9.90. The Morgan fingerprint density at radius 2 is 2.15 bits per heavy atom. The van der Waals surface area contributed by atoms with E-state index in [-0.39, 0.29) is 18.4 Å². The minimum absolute atomic E-state index is 0.0240. The van der Waals surface area contributed by atoms with Crippen LogP contribution in [0, 0.1) is 5.41 Å². The minimum Gasteiger partial charge on any atom is -0.481 e. The van der Waals surface area contributed by atoms with Crippen molar-refractivity contribution < 1.29 is 23.4 Å². The van der Waals surface area contributed by atoms with E-state index in [1.54, 1.807) is 0 Å². The highest BCUT2D eigenvalue weighted by Crippen LogP contribution is 2.48. The SMILES string of the molecule is O=C(O)CC1(COCC(F)F)CC1. The van der Waals surface area contributed by atoms with Crippen LogP contribution in [0.5, 0.6) is 0 Å². The first-order valence-electron chi connectivity index (χ1n) is 4.12. The van der Waals surface area contributed by atoms with Gasteiger partial charge in [0.1, 0.15) is 6.61 Å². The van der Waals surface area contributed by atoms with Gasteiger partial charge in [0.2, 0.25) is 0 Å². The van der Waals surface area contributed by atoms with Gasteiger partial charge in [-0.05, 0) is 12.8 Å². The standard InChI is InChI=1S/C8H12F2O3/c9-6(10)4-13-5-8(1-2-8)3-7(11)12/h6H,1-5H2,(H,11,12). The third-order valence-electron chi connectivity index (χ3n) is 2.14. The summed E-state index contributed by atoms with van der Waals surface area (Å²) in [7, 11) is 0. The lowest BCUT2D eigenvalue weighted by Crippen LogP contribution is -2.17. The average Bonchev–Trinajstić information content (AvgIpc) is 2.66. The van der Waals surface area contributed by atoms with Gasteiger partial charge in [-0.3, -0.25) is 4.79 Å². The van der Waals surface area contributed by atoms with Crippen LogP contribution < -0.4 is 0 Å². The number of alkyl halides is 2. The van der Waals surface area contributed by atoms with Crippen molar-refractivity contribution in [1.29, 1.82) is 0 Å². The van der Waals surface area contributed by atoms with E-state index >= 15 is 0 Å². The number of halogens is 2. The average molecular weight is 194 g/mol. The van der Waals surface area contributed by atoms with Crippen LogP contribution in [-0.4, -0.2) is 30.7 Å². The van der Waals surface area contributed by atoms with Gasteiger partial charge >= 0.3 is 5.97 Å². The van der Waals surface area contributed by atoms with Crippen molar-refractivity contribution in [3.05, 3.63) is 0 Å². The molecule has 5 heteroatoms. The van der Waals surface area contributed by atoms with Gasteiger partial charge in [0.25, 0.3) is 6.43 Å². The molecule has 1 aliphatic rings. The quantitative estimate of drug-likeness (QED) is 0.697. The number of rotatable bonds is 6. The monoisotopic (exact) mass is 194 g/mol. The first-order chi connectivity index (χ1) is 6.04. The van der Waals surface area contributed by atoms with Crippen molar-refractivity contribution in [3.8, 4) is 0 Å². The lowest BCUT2D eigenvalue weighted by Gasteiger charge is -2.12. The van der Waals surface area contributed by atoms with E-state index in [9.17, 15) is 13.6 Å². The molecule has 1 N–H and O–H groups in total. The van der Waals surface area contributed by atoms with E-state index in [1.807, 2.05) is 0 Å². The van der Waals surface area contributed by atoms with Crippen LogP contribution in [0.3, 0.4) is 0 Å². The van der Waals surface area contributed by atoms with Crippen molar-refractivity contribution in [2.45, 2.75) is 25.7 Å². The summed E-state index contributed by atoms with van der Waals surface area (Å²) in [6, 6.07) is 0. The number of ether oxygens (including phenoxy) is 1. The summed E-state index contributed by atoms with van der Waals surface area (Å²) >= 11 is 0. The van der Waals surface area contributed by atoms with E-state index in [4.69, 9.17) is 9.84 Å². The van der Waals surface area contributed by atoms with Crippen LogP contribution >= 0.6 is 0 Å². The molecule has 0 heterocycles. The lowest BCUT2D eigenvalue weighted by molar-refractivity contribution is -0.139. The molecule has 1 fully saturated rings. The molecular weight excluding hydrogens is 182 g/mol. The van der Waals surface area contributed by atoms with Gasteiger partial charge in [-0.15, -0.1) is 0 Å². The Kier molecular flexibility index (Phi) is 3.19. The van der Waals surface area contributed by atoms with Gasteiger partial charge in [0, 0.05) is 5.41 Å². The number of hydrogen-bond donors (Lipinski definition) is 1. The summed E-state index contributed by atoms with van der Waals surface area (Å²) in [5.41, 5.74) is -0.347. The molecule has 0 bridgehead atoms. The number of carboxylic acids is 1. The Hall–Kier alpha value is -0.710. The maximum absolute atomic E-state index is 11.7. The molecule has 0 radical (unpaired) electrons. The molecule has 0 saturated heterocycles. The highest BCUT2D eigenvalue weighted by molar-refractivity contribution is 5.68. The fraction of sp³-hybridized carbons (Fsp3) is 0.875. The maximum atomic E-state index is 11.7. The van der Waals surface area contributed by atoms with Crippen molar-refractivity contribution in [3.63, 3.8) is 0 Å². The molecule has 0 atom stereocenters. The molecule has 0 aromatic carbocycles. The summed E-state index contributed by atoms with van der Waals surface area (Å²) in [6.07, 6.45) is -0.915. The smallest absolute Gasteiger partial charge is 0.303 e. The molecule has 1 aliphatic carbocycles. The Morgan fingerprint density at radius 1 is 1.54 bits per heavy atom. The van der Waals surface area contributed by atoms with E-state index in [0.29, 0.717) is 0 Å². The second-order valence-corrected chi connectivity index (χ2v) is 3.48. The molecule has 0 aliphatic heterocycles.